The van der Waals surface area contributed by atoms with E-state index in [-0.39, 0.29) is 0 Å². The number of hydrogen-bond acceptors (Lipinski definition) is 0. The summed E-state index contributed by atoms with van der Waals surface area (Å²) in [4.78, 5) is 0. The molecular weight excluding hydrogens is 338 g/mol. The Morgan fingerprint density at radius 3 is 1.89 bits per heavy atom. The fourth-order valence-corrected chi connectivity index (χ4v) is 2.04. The third-order valence-electron chi connectivity index (χ3n) is 1.06. The molecule has 1 aromatic carbocycles. The first-order valence-electron chi connectivity index (χ1n) is 2.48. The van der Waals surface area contributed by atoms with Crippen LogP contribution in [0.2, 0.25) is 0 Å². The van der Waals surface area contributed by atoms with Gasteiger partial charge in [0.1, 0.15) is 0 Å². The summed E-state index contributed by atoms with van der Waals surface area (Å²) in [5.74, 6) is 0. The minimum atomic E-state index is 1.14. The molecule has 1 rings (SSSR count). The van der Waals surface area contributed by atoms with E-state index in [0.29, 0.717) is 0 Å². The van der Waals surface area contributed by atoms with Crippen LogP contribution in [0, 0.1) is 14.1 Å². The van der Waals surface area contributed by atoms with Crippen molar-refractivity contribution in [2.45, 2.75) is 0 Å². The molecule has 0 unspecified atom stereocenters. The van der Waals surface area contributed by atoms with Gasteiger partial charge in [-0.05, 0) is 69.8 Å². The first-order chi connectivity index (χ1) is 4.22. The molecule has 0 nitrogen and oxygen atoms in total. The number of rotatable bonds is 0. The maximum atomic E-state index is 3.90. The fraction of sp³-hybridized carbons (Fsp3) is 0. The van der Waals surface area contributed by atoms with Crippen molar-refractivity contribution in [1.29, 1.82) is 0 Å². The Labute approximate surface area is 82.3 Å². The van der Waals surface area contributed by atoms with E-state index in [9.17, 15) is 0 Å². The second-order valence-electron chi connectivity index (χ2n) is 1.70. The van der Waals surface area contributed by atoms with Gasteiger partial charge >= 0.3 is 0 Å². The summed E-state index contributed by atoms with van der Waals surface area (Å²) >= 11 is 4.57. The normalized spacial score (nSPS) is 9.67. The van der Waals surface area contributed by atoms with Crippen molar-refractivity contribution in [1.82, 2.24) is 0 Å². The highest BCUT2D eigenvalue weighted by Gasteiger charge is 1.95. The molecule has 2 heteroatoms. The van der Waals surface area contributed by atoms with Gasteiger partial charge in [0, 0.05) is 7.14 Å². The van der Waals surface area contributed by atoms with Crippen LogP contribution in [-0.2, 0) is 0 Å². The monoisotopic (exact) mass is 343 g/mol. The van der Waals surface area contributed by atoms with Crippen molar-refractivity contribution in [2.24, 2.45) is 0 Å². The van der Waals surface area contributed by atoms with Gasteiger partial charge in [-0.15, -0.1) is 0 Å². The van der Waals surface area contributed by atoms with Gasteiger partial charge in [0.05, 0.1) is 0 Å². The summed E-state index contributed by atoms with van der Waals surface area (Å²) in [7, 11) is 0. The Morgan fingerprint density at radius 1 is 1.11 bits per heavy atom. The topological polar surface area (TPSA) is 0 Å². The largest absolute Gasteiger partial charge is 0.0601 e. The molecule has 0 atom stereocenters. The predicted octanol–water partition coefficient (Wildman–Crippen LogP) is 3.08. The standard InChI is InChI=1S/C7H5I2/c1-5-6(8)3-2-4-7(5)9/h2-4H,1H2. The highest BCUT2D eigenvalue weighted by atomic mass is 127. The van der Waals surface area contributed by atoms with Crippen molar-refractivity contribution < 1.29 is 0 Å². The van der Waals surface area contributed by atoms with E-state index in [1.165, 1.54) is 7.14 Å². The van der Waals surface area contributed by atoms with Crippen LogP contribution < -0.4 is 0 Å². The predicted molar refractivity (Wildman–Crippen MR) is 56.3 cm³/mol. The third-order valence-corrected chi connectivity index (χ3v) is 3.08. The minimum absolute atomic E-state index is 1.14. The molecule has 0 N–H and O–H groups in total. The summed E-state index contributed by atoms with van der Waals surface area (Å²) < 4.78 is 2.47. The summed E-state index contributed by atoms with van der Waals surface area (Å²) in [6, 6.07) is 6.16. The van der Waals surface area contributed by atoms with E-state index in [4.69, 9.17) is 0 Å². The first kappa shape index (κ1) is 7.78. The minimum Gasteiger partial charge on any atom is -0.0601 e. The molecule has 0 aliphatic heterocycles. The highest BCUT2D eigenvalue weighted by Crippen LogP contribution is 2.16. The highest BCUT2D eigenvalue weighted by molar-refractivity contribution is 14.1. The number of benzene rings is 1. The molecule has 0 spiro atoms. The van der Waals surface area contributed by atoms with E-state index in [0.717, 1.165) is 5.56 Å². The molecule has 0 saturated heterocycles. The zero-order valence-corrected chi connectivity index (χ0v) is 9.01. The number of hydrogen-bond donors (Lipinski definition) is 0. The molecule has 0 aliphatic rings. The summed E-state index contributed by atoms with van der Waals surface area (Å²) in [5, 5.41) is 0. The van der Waals surface area contributed by atoms with E-state index < -0.39 is 0 Å². The lowest BCUT2D eigenvalue weighted by Gasteiger charge is -1.97. The number of halogens is 2. The van der Waals surface area contributed by atoms with E-state index in [1.807, 2.05) is 6.07 Å². The Bertz CT molecular complexity index is 198. The van der Waals surface area contributed by atoms with Crippen molar-refractivity contribution in [3.05, 3.63) is 37.8 Å². The second kappa shape index (κ2) is 3.18. The zero-order chi connectivity index (χ0) is 6.85. The van der Waals surface area contributed by atoms with Crippen LogP contribution in [0.5, 0.6) is 0 Å². The average Bonchev–Trinajstić information content (AvgIpc) is 1.83. The average molecular weight is 343 g/mol. The third kappa shape index (κ3) is 1.80. The quantitative estimate of drug-likeness (QED) is 0.636. The molecule has 0 fully saturated rings. The summed E-state index contributed by atoms with van der Waals surface area (Å²) in [6.07, 6.45) is 0. The van der Waals surface area contributed by atoms with Crippen molar-refractivity contribution >= 4 is 45.2 Å². The molecule has 0 aromatic heterocycles. The van der Waals surface area contributed by atoms with E-state index in [2.05, 4.69) is 64.2 Å². The maximum absolute atomic E-state index is 3.90. The molecule has 0 saturated carbocycles. The molecule has 47 valence electrons. The molecule has 0 bridgehead atoms. The van der Waals surface area contributed by atoms with Crippen LogP contribution in [0.1, 0.15) is 5.56 Å². The molecule has 0 amide bonds. The fourth-order valence-electron chi connectivity index (χ4n) is 0.532. The van der Waals surface area contributed by atoms with Crippen LogP contribution in [-0.4, -0.2) is 0 Å². The maximum Gasteiger partial charge on any atom is 0.0173 e. The Hall–Kier alpha value is 0.680. The van der Waals surface area contributed by atoms with Gasteiger partial charge in [0.15, 0.2) is 0 Å². The van der Waals surface area contributed by atoms with Crippen LogP contribution in [0.4, 0.5) is 0 Å². The molecule has 0 aliphatic carbocycles. The first-order valence-corrected chi connectivity index (χ1v) is 4.63. The van der Waals surface area contributed by atoms with Crippen LogP contribution in [0.25, 0.3) is 0 Å². The second-order valence-corrected chi connectivity index (χ2v) is 4.02. The van der Waals surface area contributed by atoms with E-state index in [1.54, 1.807) is 0 Å². The van der Waals surface area contributed by atoms with E-state index >= 15 is 0 Å². The van der Waals surface area contributed by atoms with Gasteiger partial charge in [-0.25, -0.2) is 0 Å². The Morgan fingerprint density at radius 2 is 1.56 bits per heavy atom. The van der Waals surface area contributed by atoms with Crippen LogP contribution >= 0.6 is 45.2 Å². The van der Waals surface area contributed by atoms with Gasteiger partial charge in [-0.3, -0.25) is 0 Å². The molecule has 0 heterocycles. The van der Waals surface area contributed by atoms with Crippen molar-refractivity contribution in [3.8, 4) is 0 Å². The summed E-state index contributed by atoms with van der Waals surface area (Å²) in [5.41, 5.74) is 1.14. The lowest BCUT2D eigenvalue weighted by molar-refractivity contribution is 1.50. The van der Waals surface area contributed by atoms with Gasteiger partial charge < -0.3 is 0 Å². The van der Waals surface area contributed by atoms with Crippen LogP contribution in [0.15, 0.2) is 18.2 Å². The lowest BCUT2D eigenvalue weighted by Crippen LogP contribution is -1.82. The Kier molecular flexibility index (Phi) is 2.75. The van der Waals surface area contributed by atoms with Gasteiger partial charge in [0.25, 0.3) is 0 Å². The van der Waals surface area contributed by atoms with Crippen molar-refractivity contribution in [3.63, 3.8) is 0 Å². The Balaban J connectivity index is 3.25. The van der Waals surface area contributed by atoms with Crippen molar-refractivity contribution in [2.75, 3.05) is 0 Å². The molecule has 9 heavy (non-hydrogen) atoms. The molecular formula is C7H5I2. The SMILES string of the molecule is [CH2]c1c(I)cccc1I. The summed E-state index contributed by atoms with van der Waals surface area (Å²) in [6.45, 7) is 3.90. The van der Waals surface area contributed by atoms with Crippen LogP contribution in [0.3, 0.4) is 0 Å². The lowest BCUT2D eigenvalue weighted by atomic mass is 10.2. The van der Waals surface area contributed by atoms with Gasteiger partial charge in [-0.2, -0.15) is 0 Å². The van der Waals surface area contributed by atoms with Gasteiger partial charge in [0.2, 0.25) is 0 Å². The van der Waals surface area contributed by atoms with Gasteiger partial charge in [-0.1, -0.05) is 6.07 Å². The smallest absolute Gasteiger partial charge is 0.0173 e. The molecule has 1 aromatic rings. The molecule has 1 radical (unpaired) electrons. The zero-order valence-electron chi connectivity index (χ0n) is 4.70.